The van der Waals surface area contributed by atoms with Crippen LogP contribution in [0.5, 0.6) is 0 Å². The Morgan fingerprint density at radius 3 is 3.08 bits per heavy atom. The number of nitrogens with zero attached hydrogens (tertiary/aromatic N) is 3. The Morgan fingerprint density at radius 2 is 2.33 bits per heavy atom. The smallest absolute Gasteiger partial charge is 0.251 e. The quantitative estimate of drug-likeness (QED) is 0.905. The van der Waals surface area contributed by atoms with Crippen molar-refractivity contribution in [1.82, 2.24) is 15.3 Å². The van der Waals surface area contributed by atoms with Gasteiger partial charge in [-0.05, 0) is 45.2 Å². The maximum atomic E-state index is 12.4. The Hall–Kier alpha value is -1.95. The summed E-state index contributed by atoms with van der Waals surface area (Å²) in [7, 11) is 0. The van der Waals surface area contributed by atoms with Crippen LogP contribution < -0.4 is 10.2 Å². The minimum atomic E-state index is -0.0448. The average molecular weight is 344 g/mol. The van der Waals surface area contributed by atoms with E-state index in [4.69, 9.17) is 0 Å². The number of carbonyl (C=O) groups excluding carboxylic acids is 1. The molecular formula is C18H24N4OS. The van der Waals surface area contributed by atoms with Crippen LogP contribution in [-0.2, 0) is 6.42 Å². The van der Waals surface area contributed by atoms with Gasteiger partial charge in [0.05, 0.1) is 5.01 Å². The second kappa shape index (κ2) is 7.75. The van der Waals surface area contributed by atoms with Gasteiger partial charge in [-0.3, -0.25) is 4.79 Å². The summed E-state index contributed by atoms with van der Waals surface area (Å²) < 4.78 is 0. The predicted molar refractivity (Wildman–Crippen MR) is 97.8 cm³/mol. The molecule has 1 amide bonds. The summed E-state index contributed by atoms with van der Waals surface area (Å²) in [4.78, 5) is 23.6. The molecule has 24 heavy (non-hydrogen) atoms. The van der Waals surface area contributed by atoms with Crippen LogP contribution in [0, 0.1) is 6.92 Å². The number of hydrogen-bond donors (Lipinski definition) is 1. The van der Waals surface area contributed by atoms with Crippen LogP contribution in [0.1, 0.15) is 47.2 Å². The van der Waals surface area contributed by atoms with Crippen molar-refractivity contribution in [3.8, 4) is 0 Å². The van der Waals surface area contributed by atoms with Gasteiger partial charge in [0.25, 0.3) is 5.91 Å². The topological polar surface area (TPSA) is 58.1 Å². The third-order valence-corrected chi connectivity index (χ3v) is 5.42. The Bertz CT molecular complexity index is 700. The minimum absolute atomic E-state index is 0.0448. The number of amides is 1. The summed E-state index contributed by atoms with van der Waals surface area (Å²) in [5.41, 5.74) is 1.71. The fourth-order valence-electron chi connectivity index (χ4n) is 3.06. The number of thiazole rings is 1. The van der Waals surface area contributed by atoms with Gasteiger partial charge >= 0.3 is 0 Å². The van der Waals surface area contributed by atoms with E-state index in [0.29, 0.717) is 18.2 Å². The number of hydrogen-bond acceptors (Lipinski definition) is 5. The summed E-state index contributed by atoms with van der Waals surface area (Å²) >= 11 is 1.64. The maximum Gasteiger partial charge on any atom is 0.251 e. The highest BCUT2D eigenvalue weighted by molar-refractivity contribution is 7.09. The van der Waals surface area contributed by atoms with Crippen LogP contribution in [0.4, 0.5) is 5.82 Å². The minimum Gasteiger partial charge on any atom is -0.354 e. The van der Waals surface area contributed by atoms with E-state index in [-0.39, 0.29) is 5.91 Å². The predicted octanol–water partition coefficient (Wildman–Crippen LogP) is 3.20. The van der Waals surface area contributed by atoms with Gasteiger partial charge in [0.15, 0.2) is 0 Å². The van der Waals surface area contributed by atoms with Crippen molar-refractivity contribution < 1.29 is 4.79 Å². The summed E-state index contributed by atoms with van der Waals surface area (Å²) in [6.07, 6.45) is 6.15. The molecule has 5 nitrogen and oxygen atoms in total. The lowest BCUT2D eigenvalue weighted by atomic mass is 10.0. The van der Waals surface area contributed by atoms with E-state index >= 15 is 0 Å². The largest absolute Gasteiger partial charge is 0.354 e. The van der Waals surface area contributed by atoms with Gasteiger partial charge in [-0.2, -0.15) is 0 Å². The first-order chi connectivity index (χ1) is 11.6. The lowest BCUT2D eigenvalue weighted by Gasteiger charge is -2.34. The van der Waals surface area contributed by atoms with Gasteiger partial charge in [-0.15, -0.1) is 11.3 Å². The Kier molecular flexibility index (Phi) is 5.45. The monoisotopic (exact) mass is 344 g/mol. The van der Waals surface area contributed by atoms with Crippen molar-refractivity contribution in [2.45, 2.75) is 45.6 Å². The lowest BCUT2D eigenvalue weighted by Crippen LogP contribution is -2.38. The van der Waals surface area contributed by atoms with Crippen molar-refractivity contribution in [3.05, 3.63) is 40.0 Å². The standard InChI is InChI=1S/C18H24N4OS/c1-13-12-24-17(21-13)7-9-20-18(23)15-6-8-19-16(11-15)22-10-4-3-5-14(22)2/h6,8,11-12,14H,3-5,7,9-10H2,1-2H3,(H,20,23)/t14-/m1/s1. The number of aryl methyl sites for hydroxylation is 1. The number of pyridine rings is 1. The third kappa shape index (κ3) is 4.12. The summed E-state index contributed by atoms with van der Waals surface area (Å²) in [5.74, 6) is 0.863. The zero-order chi connectivity index (χ0) is 16.9. The van der Waals surface area contributed by atoms with E-state index in [0.717, 1.165) is 29.5 Å². The van der Waals surface area contributed by atoms with Crippen LogP contribution in [0.25, 0.3) is 0 Å². The van der Waals surface area contributed by atoms with Gasteiger partial charge in [0.1, 0.15) is 5.82 Å². The summed E-state index contributed by atoms with van der Waals surface area (Å²) in [5, 5.41) is 6.07. The van der Waals surface area contributed by atoms with Crippen LogP contribution in [0.15, 0.2) is 23.7 Å². The fraction of sp³-hybridized carbons (Fsp3) is 0.500. The molecule has 3 rings (SSSR count). The normalized spacial score (nSPS) is 17.8. The van der Waals surface area contributed by atoms with Gasteiger partial charge in [-0.25, -0.2) is 9.97 Å². The molecule has 1 aliphatic heterocycles. The third-order valence-electron chi connectivity index (χ3n) is 4.40. The molecule has 2 aromatic rings. The Morgan fingerprint density at radius 1 is 1.46 bits per heavy atom. The zero-order valence-corrected chi connectivity index (χ0v) is 15.1. The van der Waals surface area contributed by atoms with Crippen LogP contribution >= 0.6 is 11.3 Å². The molecule has 0 spiro atoms. The number of nitrogens with one attached hydrogen (secondary N) is 1. The van der Waals surface area contributed by atoms with Gasteiger partial charge in [0, 0.05) is 48.4 Å². The molecule has 6 heteroatoms. The van der Waals surface area contributed by atoms with E-state index < -0.39 is 0 Å². The molecule has 0 radical (unpaired) electrons. The highest BCUT2D eigenvalue weighted by Crippen LogP contribution is 2.23. The van der Waals surface area contributed by atoms with Crippen LogP contribution in [-0.4, -0.2) is 35.0 Å². The van der Waals surface area contributed by atoms with Crippen molar-refractivity contribution in [2.24, 2.45) is 0 Å². The number of rotatable bonds is 5. The van der Waals surface area contributed by atoms with E-state index in [1.54, 1.807) is 23.6 Å². The number of aromatic nitrogens is 2. The van der Waals surface area contributed by atoms with E-state index in [2.05, 4.69) is 27.1 Å². The molecule has 0 unspecified atom stereocenters. The molecule has 0 bridgehead atoms. The summed E-state index contributed by atoms with van der Waals surface area (Å²) in [6.45, 7) is 5.83. The number of carbonyl (C=O) groups is 1. The molecule has 1 aliphatic rings. The number of piperidine rings is 1. The SMILES string of the molecule is Cc1csc(CCNC(=O)c2ccnc(N3CCCC[C@H]3C)c2)n1. The van der Waals surface area contributed by atoms with Crippen LogP contribution in [0.2, 0.25) is 0 Å². The maximum absolute atomic E-state index is 12.4. The molecule has 128 valence electrons. The first-order valence-corrected chi connectivity index (χ1v) is 9.43. The van der Waals surface area contributed by atoms with E-state index in [1.165, 1.54) is 19.3 Å². The van der Waals surface area contributed by atoms with Gasteiger partial charge in [0.2, 0.25) is 0 Å². The average Bonchev–Trinajstić information content (AvgIpc) is 3.00. The molecule has 1 fully saturated rings. The van der Waals surface area contributed by atoms with Crippen molar-refractivity contribution in [1.29, 1.82) is 0 Å². The molecule has 2 aromatic heterocycles. The highest BCUT2D eigenvalue weighted by Gasteiger charge is 2.20. The first-order valence-electron chi connectivity index (χ1n) is 8.55. The molecule has 0 saturated carbocycles. The van der Waals surface area contributed by atoms with E-state index in [1.807, 2.05) is 18.4 Å². The molecular weight excluding hydrogens is 320 g/mol. The van der Waals surface area contributed by atoms with Crippen molar-refractivity contribution in [2.75, 3.05) is 18.0 Å². The first kappa shape index (κ1) is 16.9. The molecule has 0 aromatic carbocycles. The number of anilines is 1. The molecule has 0 aliphatic carbocycles. The van der Waals surface area contributed by atoms with Crippen LogP contribution in [0.3, 0.4) is 0 Å². The zero-order valence-electron chi connectivity index (χ0n) is 14.3. The lowest BCUT2D eigenvalue weighted by molar-refractivity contribution is 0.0954. The van der Waals surface area contributed by atoms with Gasteiger partial charge in [-0.1, -0.05) is 0 Å². The molecule has 1 N–H and O–H groups in total. The second-order valence-electron chi connectivity index (χ2n) is 6.33. The van der Waals surface area contributed by atoms with E-state index in [9.17, 15) is 4.79 Å². The molecule has 3 heterocycles. The molecule has 1 atom stereocenters. The van der Waals surface area contributed by atoms with Gasteiger partial charge < -0.3 is 10.2 Å². The summed E-state index contributed by atoms with van der Waals surface area (Å²) in [6, 6.07) is 4.17. The highest BCUT2D eigenvalue weighted by atomic mass is 32.1. The van der Waals surface area contributed by atoms with Crippen molar-refractivity contribution >= 4 is 23.1 Å². The molecule has 1 saturated heterocycles. The van der Waals surface area contributed by atoms with Crippen molar-refractivity contribution in [3.63, 3.8) is 0 Å². The Labute approximate surface area is 147 Å². The second-order valence-corrected chi connectivity index (χ2v) is 7.27. The fourth-order valence-corrected chi connectivity index (χ4v) is 3.83. The Balaban J connectivity index is 1.59.